The minimum atomic E-state index is -0.965. The molecule has 0 heterocycles. The maximum Gasteiger partial charge on any atom is 0.347 e. The highest BCUT2D eigenvalue weighted by Gasteiger charge is 2.18. The highest BCUT2D eigenvalue weighted by atomic mass is 19.1. The second kappa shape index (κ2) is 9.49. The van der Waals surface area contributed by atoms with Gasteiger partial charge in [-0.3, -0.25) is 9.59 Å². The van der Waals surface area contributed by atoms with Gasteiger partial charge in [-0.25, -0.2) is 9.18 Å². The van der Waals surface area contributed by atoms with Crippen molar-refractivity contribution in [3.05, 3.63) is 30.1 Å². The lowest BCUT2D eigenvalue weighted by molar-refractivity contribution is -0.154. The van der Waals surface area contributed by atoms with E-state index in [0.717, 1.165) is 0 Å². The second-order valence-electron chi connectivity index (χ2n) is 5.32. The van der Waals surface area contributed by atoms with Crippen LogP contribution in [0.3, 0.4) is 0 Å². The highest BCUT2D eigenvalue weighted by molar-refractivity contribution is 5.86. The standard InChI is InChI=1S/C16H21FN2O5/c1-10(2)19-14(20)8-18-15(21)9-23-16(22)11(3)24-13-6-4-12(17)5-7-13/h4-7,10-11H,8-9H2,1-3H3,(H,18,21)(H,19,20)/t11-/m1/s1. The van der Waals surface area contributed by atoms with Gasteiger partial charge in [0, 0.05) is 6.04 Å². The Kier molecular flexibility index (Phi) is 7.67. The molecule has 0 spiro atoms. The van der Waals surface area contributed by atoms with E-state index in [0.29, 0.717) is 5.75 Å². The fraction of sp³-hybridized carbons (Fsp3) is 0.438. The normalized spacial score (nSPS) is 11.5. The van der Waals surface area contributed by atoms with Gasteiger partial charge in [-0.05, 0) is 45.0 Å². The summed E-state index contributed by atoms with van der Waals surface area (Å²) in [4.78, 5) is 34.6. The van der Waals surface area contributed by atoms with Crippen LogP contribution in [-0.4, -0.2) is 43.1 Å². The van der Waals surface area contributed by atoms with Gasteiger partial charge in [0.25, 0.3) is 5.91 Å². The molecular formula is C16H21FN2O5. The van der Waals surface area contributed by atoms with Crippen molar-refractivity contribution in [1.82, 2.24) is 10.6 Å². The summed E-state index contributed by atoms with van der Waals surface area (Å²) in [6.07, 6.45) is -0.965. The molecule has 0 aliphatic carbocycles. The Bertz CT molecular complexity index is 574. The maximum atomic E-state index is 12.8. The third-order valence-electron chi connectivity index (χ3n) is 2.70. The number of amides is 2. The van der Waals surface area contributed by atoms with Crippen LogP contribution < -0.4 is 15.4 Å². The van der Waals surface area contributed by atoms with E-state index in [4.69, 9.17) is 9.47 Å². The van der Waals surface area contributed by atoms with Gasteiger partial charge < -0.3 is 20.1 Å². The quantitative estimate of drug-likeness (QED) is 0.682. The molecule has 0 saturated heterocycles. The summed E-state index contributed by atoms with van der Waals surface area (Å²) >= 11 is 0. The average Bonchev–Trinajstić information content (AvgIpc) is 2.52. The lowest BCUT2D eigenvalue weighted by Gasteiger charge is -2.14. The summed E-state index contributed by atoms with van der Waals surface area (Å²) in [5.74, 6) is -1.80. The topological polar surface area (TPSA) is 93.7 Å². The largest absolute Gasteiger partial charge is 0.479 e. The van der Waals surface area contributed by atoms with Crippen molar-refractivity contribution in [1.29, 1.82) is 0 Å². The lowest BCUT2D eigenvalue weighted by Crippen LogP contribution is -2.41. The van der Waals surface area contributed by atoms with Crippen LogP contribution in [0.4, 0.5) is 4.39 Å². The summed E-state index contributed by atoms with van der Waals surface area (Å²) in [6.45, 7) is 4.31. The van der Waals surface area contributed by atoms with E-state index in [1.165, 1.54) is 31.2 Å². The van der Waals surface area contributed by atoms with E-state index in [1.807, 2.05) is 0 Å². The van der Waals surface area contributed by atoms with Gasteiger partial charge in [-0.2, -0.15) is 0 Å². The molecule has 0 radical (unpaired) electrons. The van der Waals surface area contributed by atoms with Crippen molar-refractivity contribution in [3.63, 3.8) is 0 Å². The Morgan fingerprint density at radius 3 is 2.29 bits per heavy atom. The Labute approximate surface area is 139 Å². The molecule has 1 rings (SSSR count). The van der Waals surface area contributed by atoms with Gasteiger partial charge >= 0.3 is 5.97 Å². The van der Waals surface area contributed by atoms with Gasteiger partial charge in [0.1, 0.15) is 11.6 Å². The molecular weight excluding hydrogens is 319 g/mol. The molecule has 0 aliphatic rings. The van der Waals surface area contributed by atoms with E-state index in [1.54, 1.807) is 13.8 Å². The van der Waals surface area contributed by atoms with Gasteiger partial charge in [0.15, 0.2) is 12.7 Å². The number of carbonyl (C=O) groups excluding carboxylic acids is 3. The van der Waals surface area contributed by atoms with E-state index in [2.05, 4.69) is 10.6 Å². The minimum absolute atomic E-state index is 0.0308. The molecule has 0 saturated carbocycles. The van der Waals surface area contributed by atoms with E-state index < -0.39 is 30.4 Å². The van der Waals surface area contributed by atoms with Crippen LogP contribution in [0.2, 0.25) is 0 Å². The number of hydrogen-bond donors (Lipinski definition) is 2. The molecule has 1 aromatic carbocycles. The van der Waals surface area contributed by atoms with Crippen molar-refractivity contribution in [2.45, 2.75) is 32.9 Å². The fourth-order valence-corrected chi connectivity index (χ4v) is 1.62. The maximum absolute atomic E-state index is 12.8. The Balaban J connectivity index is 2.30. The highest BCUT2D eigenvalue weighted by Crippen LogP contribution is 2.13. The first-order valence-corrected chi connectivity index (χ1v) is 7.43. The first kappa shape index (κ1) is 19.4. The predicted octanol–water partition coefficient (Wildman–Crippen LogP) is 0.777. The lowest BCUT2D eigenvalue weighted by atomic mass is 10.3. The molecule has 132 valence electrons. The molecule has 0 aliphatic heterocycles. The van der Waals surface area contributed by atoms with Crippen molar-refractivity contribution in [2.24, 2.45) is 0 Å². The summed E-state index contributed by atoms with van der Waals surface area (Å²) in [5, 5.41) is 4.93. The van der Waals surface area contributed by atoms with Crippen LogP contribution in [0.1, 0.15) is 20.8 Å². The summed E-state index contributed by atoms with van der Waals surface area (Å²) in [5.41, 5.74) is 0. The number of nitrogens with one attached hydrogen (secondary N) is 2. The van der Waals surface area contributed by atoms with Crippen molar-refractivity contribution < 1.29 is 28.2 Å². The third kappa shape index (κ3) is 7.57. The van der Waals surface area contributed by atoms with Crippen LogP contribution in [0.15, 0.2) is 24.3 Å². The van der Waals surface area contributed by atoms with Gasteiger partial charge in [-0.1, -0.05) is 0 Å². The number of rotatable bonds is 8. The number of benzene rings is 1. The Morgan fingerprint density at radius 1 is 1.08 bits per heavy atom. The molecule has 7 nitrogen and oxygen atoms in total. The van der Waals surface area contributed by atoms with Crippen LogP contribution in [-0.2, 0) is 19.1 Å². The van der Waals surface area contributed by atoms with Crippen LogP contribution in [0.5, 0.6) is 5.75 Å². The molecule has 2 amide bonds. The van der Waals surface area contributed by atoms with Crippen molar-refractivity contribution >= 4 is 17.8 Å². The minimum Gasteiger partial charge on any atom is -0.479 e. The molecule has 1 aromatic rings. The van der Waals surface area contributed by atoms with E-state index in [-0.39, 0.29) is 18.5 Å². The second-order valence-corrected chi connectivity index (χ2v) is 5.32. The first-order valence-electron chi connectivity index (χ1n) is 7.43. The fourth-order valence-electron chi connectivity index (χ4n) is 1.62. The molecule has 1 atom stereocenters. The number of halogens is 1. The SMILES string of the molecule is CC(C)NC(=O)CNC(=O)COC(=O)[C@@H](C)Oc1ccc(F)cc1. The molecule has 2 N–H and O–H groups in total. The molecule has 8 heteroatoms. The van der Waals surface area contributed by atoms with Crippen molar-refractivity contribution in [3.8, 4) is 5.75 Å². The van der Waals surface area contributed by atoms with Gasteiger partial charge in [0.05, 0.1) is 6.54 Å². The number of hydrogen-bond acceptors (Lipinski definition) is 5. The number of esters is 1. The van der Waals surface area contributed by atoms with Crippen LogP contribution in [0, 0.1) is 5.82 Å². The first-order chi connectivity index (χ1) is 11.3. The summed E-state index contributed by atoms with van der Waals surface area (Å²) < 4.78 is 22.8. The summed E-state index contributed by atoms with van der Waals surface area (Å²) in [6, 6.07) is 5.11. The molecule has 0 aromatic heterocycles. The molecule has 24 heavy (non-hydrogen) atoms. The number of carbonyl (C=O) groups is 3. The monoisotopic (exact) mass is 340 g/mol. The van der Waals surface area contributed by atoms with Crippen LogP contribution >= 0.6 is 0 Å². The Morgan fingerprint density at radius 2 is 1.71 bits per heavy atom. The zero-order valence-corrected chi connectivity index (χ0v) is 13.8. The smallest absolute Gasteiger partial charge is 0.347 e. The molecule has 0 fully saturated rings. The van der Waals surface area contributed by atoms with E-state index in [9.17, 15) is 18.8 Å². The zero-order chi connectivity index (χ0) is 18.1. The van der Waals surface area contributed by atoms with Crippen LogP contribution in [0.25, 0.3) is 0 Å². The zero-order valence-electron chi connectivity index (χ0n) is 13.8. The average molecular weight is 340 g/mol. The van der Waals surface area contributed by atoms with E-state index >= 15 is 0 Å². The molecule has 0 unspecified atom stereocenters. The van der Waals surface area contributed by atoms with Crippen molar-refractivity contribution in [2.75, 3.05) is 13.2 Å². The third-order valence-corrected chi connectivity index (χ3v) is 2.70. The predicted molar refractivity (Wildman–Crippen MR) is 83.7 cm³/mol. The number of ether oxygens (including phenoxy) is 2. The molecule has 0 bridgehead atoms. The van der Waals surface area contributed by atoms with Gasteiger partial charge in [-0.15, -0.1) is 0 Å². The van der Waals surface area contributed by atoms with Gasteiger partial charge in [0.2, 0.25) is 5.91 Å². The Hall–Kier alpha value is -2.64. The summed E-state index contributed by atoms with van der Waals surface area (Å²) in [7, 11) is 0.